The van der Waals surface area contributed by atoms with E-state index in [4.69, 9.17) is 11.6 Å². The Balaban J connectivity index is 1.82. The first kappa shape index (κ1) is 19.0. The molecule has 0 atom stereocenters. The summed E-state index contributed by atoms with van der Waals surface area (Å²) in [4.78, 5) is 38.7. The molecular formula is C22H18ClN3O3. The zero-order chi connectivity index (χ0) is 20.7. The van der Waals surface area contributed by atoms with Gasteiger partial charge in [0, 0.05) is 33.7 Å². The Bertz CT molecular complexity index is 1180. The number of para-hydroxylation sites is 1. The summed E-state index contributed by atoms with van der Waals surface area (Å²) in [5, 5.41) is 3.64. The third-order valence-corrected chi connectivity index (χ3v) is 5.07. The molecule has 7 heteroatoms. The van der Waals surface area contributed by atoms with Crippen LogP contribution in [0, 0.1) is 0 Å². The van der Waals surface area contributed by atoms with Crippen molar-refractivity contribution in [3.05, 3.63) is 70.9 Å². The first-order valence-corrected chi connectivity index (χ1v) is 9.51. The molecule has 2 heterocycles. The summed E-state index contributed by atoms with van der Waals surface area (Å²) in [7, 11) is 0. The minimum absolute atomic E-state index is 0.105. The molecule has 4 rings (SSSR count). The second-order valence-corrected chi connectivity index (χ2v) is 7.47. The highest BCUT2D eigenvalue weighted by molar-refractivity contribution is 6.39. The maximum atomic E-state index is 13.0. The minimum Gasteiger partial charge on any atom is -0.344 e. The Kier molecular flexibility index (Phi) is 4.72. The van der Waals surface area contributed by atoms with Crippen molar-refractivity contribution in [2.45, 2.75) is 19.9 Å². The lowest BCUT2D eigenvalue weighted by molar-refractivity contribution is -0.122. The number of benzene rings is 2. The highest BCUT2D eigenvalue weighted by Crippen LogP contribution is 2.28. The van der Waals surface area contributed by atoms with E-state index in [9.17, 15) is 14.4 Å². The molecule has 2 aromatic carbocycles. The van der Waals surface area contributed by atoms with Gasteiger partial charge in [-0.2, -0.15) is 0 Å². The number of hydrogen-bond acceptors (Lipinski definition) is 3. The van der Waals surface area contributed by atoms with Crippen molar-refractivity contribution in [3.8, 4) is 0 Å². The first-order valence-electron chi connectivity index (χ1n) is 9.13. The zero-order valence-corrected chi connectivity index (χ0v) is 16.6. The normalized spacial score (nSPS) is 16.2. The average Bonchev–Trinajstić information content (AvgIpc) is 3.05. The van der Waals surface area contributed by atoms with Crippen LogP contribution in [0.15, 0.2) is 60.3 Å². The van der Waals surface area contributed by atoms with Crippen LogP contribution in [0.3, 0.4) is 0 Å². The van der Waals surface area contributed by atoms with Gasteiger partial charge >= 0.3 is 6.03 Å². The number of aromatic nitrogens is 1. The summed E-state index contributed by atoms with van der Waals surface area (Å²) in [6.45, 7) is 4.12. The summed E-state index contributed by atoms with van der Waals surface area (Å²) >= 11 is 5.89. The van der Waals surface area contributed by atoms with Gasteiger partial charge < -0.3 is 4.57 Å². The highest BCUT2D eigenvalue weighted by atomic mass is 35.5. The van der Waals surface area contributed by atoms with Crippen molar-refractivity contribution in [2.75, 3.05) is 4.90 Å². The number of nitrogens with one attached hydrogen (secondary N) is 1. The number of nitrogens with zero attached hydrogens (tertiary/aromatic N) is 2. The topological polar surface area (TPSA) is 71.4 Å². The van der Waals surface area contributed by atoms with E-state index in [2.05, 4.69) is 23.7 Å². The van der Waals surface area contributed by atoms with Gasteiger partial charge in [-0.1, -0.05) is 29.8 Å². The van der Waals surface area contributed by atoms with Crippen LogP contribution in [0.1, 0.15) is 25.5 Å². The number of rotatable bonds is 3. The molecule has 3 aromatic rings. The quantitative estimate of drug-likeness (QED) is 0.511. The van der Waals surface area contributed by atoms with E-state index in [0.717, 1.165) is 21.4 Å². The maximum Gasteiger partial charge on any atom is 0.335 e. The second-order valence-electron chi connectivity index (χ2n) is 7.04. The van der Waals surface area contributed by atoms with Crippen molar-refractivity contribution >= 4 is 52.1 Å². The zero-order valence-electron chi connectivity index (χ0n) is 15.8. The Hall–Kier alpha value is -3.38. The van der Waals surface area contributed by atoms with Gasteiger partial charge in [-0.05, 0) is 50.3 Å². The van der Waals surface area contributed by atoms with Crippen LogP contribution < -0.4 is 10.2 Å². The largest absolute Gasteiger partial charge is 0.344 e. The smallest absolute Gasteiger partial charge is 0.335 e. The van der Waals surface area contributed by atoms with Gasteiger partial charge in [-0.25, -0.2) is 9.69 Å². The number of fused-ring (bicyclic) bond motifs is 1. The Labute approximate surface area is 172 Å². The van der Waals surface area contributed by atoms with E-state index in [1.165, 1.54) is 6.08 Å². The van der Waals surface area contributed by atoms with E-state index in [0.29, 0.717) is 10.7 Å². The molecule has 0 unspecified atom stereocenters. The predicted molar refractivity (Wildman–Crippen MR) is 113 cm³/mol. The fourth-order valence-corrected chi connectivity index (χ4v) is 3.54. The number of carbonyl (C=O) groups excluding carboxylic acids is 3. The fraction of sp³-hybridized carbons (Fsp3) is 0.136. The van der Waals surface area contributed by atoms with Crippen molar-refractivity contribution in [1.82, 2.24) is 9.88 Å². The van der Waals surface area contributed by atoms with Crippen LogP contribution in [-0.2, 0) is 9.59 Å². The standard InChI is InChI=1S/C22H18ClN3O3/c1-13(2)25-12-14(17-5-3-4-6-19(17)25)11-18-20(27)24-22(29)26(21(18)28)16-9-7-15(23)8-10-16/h3-13H,1-2H3,(H,24,27,29)/b18-11+. The SMILES string of the molecule is CC(C)n1cc(/C=C2\C(=O)NC(=O)N(c3ccc(Cl)cc3)C2=O)c2ccccc21. The number of halogens is 1. The minimum atomic E-state index is -0.788. The van der Waals surface area contributed by atoms with E-state index >= 15 is 0 Å². The third kappa shape index (κ3) is 3.32. The molecule has 0 spiro atoms. The van der Waals surface area contributed by atoms with Crippen molar-refractivity contribution < 1.29 is 14.4 Å². The van der Waals surface area contributed by atoms with Crippen LogP contribution >= 0.6 is 11.6 Å². The van der Waals surface area contributed by atoms with Crippen LogP contribution in [0.2, 0.25) is 5.02 Å². The van der Waals surface area contributed by atoms with Crippen LogP contribution in [0.4, 0.5) is 10.5 Å². The number of carbonyl (C=O) groups is 3. The number of anilines is 1. The van der Waals surface area contributed by atoms with Gasteiger partial charge in [0.1, 0.15) is 5.57 Å². The van der Waals surface area contributed by atoms with Crippen molar-refractivity contribution in [3.63, 3.8) is 0 Å². The molecule has 1 aliphatic rings. The molecule has 0 bridgehead atoms. The molecule has 0 aliphatic carbocycles. The van der Waals surface area contributed by atoms with Crippen LogP contribution in [0.25, 0.3) is 17.0 Å². The summed E-state index contributed by atoms with van der Waals surface area (Å²) in [6, 6.07) is 13.5. The van der Waals surface area contributed by atoms with Crippen molar-refractivity contribution in [1.29, 1.82) is 0 Å². The fourth-order valence-electron chi connectivity index (χ4n) is 3.41. The van der Waals surface area contributed by atoms with Gasteiger partial charge in [0.05, 0.1) is 5.69 Å². The molecule has 0 saturated carbocycles. The van der Waals surface area contributed by atoms with E-state index in [-0.39, 0.29) is 11.6 Å². The molecule has 146 valence electrons. The van der Waals surface area contributed by atoms with E-state index in [1.807, 2.05) is 30.5 Å². The number of amides is 4. The average molecular weight is 408 g/mol. The molecular weight excluding hydrogens is 390 g/mol. The third-order valence-electron chi connectivity index (χ3n) is 4.81. The Morgan fingerprint density at radius 1 is 1.00 bits per heavy atom. The highest BCUT2D eigenvalue weighted by Gasteiger charge is 2.37. The molecule has 4 amide bonds. The molecule has 1 aromatic heterocycles. The number of hydrogen-bond donors (Lipinski definition) is 1. The number of imide groups is 2. The Morgan fingerprint density at radius 2 is 1.69 bits per heavy atom. The molecule has 1 saturated heterocycles. The Morgan fingerprint density at radius 3 is 2.38 bits per heavy atom. The molecule has 0 radical (unpaired) electrons. The molecule has 1 aliphatic heterocycles. The van der Waals surface area contributed by atoms with Gasteiger partial charge in [0.25, 0.3) is 11.8 Å². The van der Waals surface area contributed by atoms with Gasteiger partial charge in [0.15, 0.2) is 0 Å². The van der Waals surface area contributed by atoms with E-state index < -0.39 is 17.8 Å². The molecule has 1 N–H and O–H groups in total. The lowest BCUT2D eigenvalue weighted by Crippen LogP contribution is -2.54. The van der Waals surface area contributed by atoms with Crippen molar-refractivity contribution in [2.24, 2.45) is 0 Å². The molecule has 6 nitrogen and oxygen atoms in total. The summed E-state index contributed by atoms with van der Waals surface area (Å²) in [6.07, 6.45) is 3.44. The summed E-state index contributed by atoms with van der Waals surface area (Å²) < 4.78 is 2.08. The van der Waals surface area contributed by atoms with Crippen LogP contribution in [-0.4, -0.2) is 22.4 Å². The van der Waals surface area contributed by atoms with E-state index in [1.54, 1.807) is 24.3 Å². The lowest BCUT2D eigenvalue weighted by Gasteiger charge is -2.26. The summed E-state index contributed by atoms with van der Waals surface area (Å²) in [5.74, 6) is -1.39. The second kappa shape index (κ2) is 7.22. The van der Waals surface area contributed by atoms with Crippen LogP contribution in [0.5, 0.6) is 0 Å². The first-order chi connectivity index (χ1) is 13.9. The van der Waals surface area contributed by atoms with Gasteiger partial charge in [0.2, 0.25) is 0 Å². The number of barbiturate groups is 1. The summed E-state index contributed by atoms with van der Waals surface area (Å²) in [5.41, 5.74) is 1.97. The predicted octanol–water partition coefficient (Wildman–Crippen LogP) is 4.54. The maximum absolute atomic E-state index is 13.0. The molecule has 29 heavy (non-hydrogen) atoms. The van der Waals surface area contributed by atoms with Gasteiger partial charge in [-0.15, -0.1) is 0 Å². The molecule has 1 fully saturated rings. The number of urea groups is 1. The lowest BCUT2D eigenvalue weighted by atomic mass is 10.1. The van der Waals surface area contributed by atoms with Gasteiger partial charge in [-0.3, -0.25) is 14.9 Å². The monoisotopic (exact) mass is 407 g/mol.